The molecule has 36 heavy (non-hydrogen) atoms. The van der Waals surface area contributed by atoms with E-state index < -0.39 is 0 Å². The summed E-state index contributed by atoms with van der Waals surface area (Å²) in [7, 11) is 4.88. The second-order valence-corrected chi connectivity index (χ2v) is 9.25. The van der Waals surface area contributed by atoms with Crippen molar-refractivity contribution in [3.8, 4) is 5.75 Å². The molecular formula is C27H32N6O3. The maximum Gasteiger partial charge on any atom is 0.332 e. The molecule has 1 fully saturated rings. The molecule has 0 unspecified atom stereocenters. The van der Waals surface area contributed by atoms with E-state index in [4.69, 9.17) is 9.72 Å². The van der Waals surface area contributed by atoms with Gasteiger partial charge in [-0.05, 0) is 36.2 Å². The van der Waals surface area contributed by atoms with Crippen LogP contribution in [0.2, 0.25) is 0 Å². The molecule has 5 rings (SSSR count). The number of ether oxygens (including phenoxy) is 1. The monoisotopic (exact) mass is 488 g/mol. The van der Waals surface area contributed by atoms with Gasteiger partial charge in [0.15, 0.2) is 11.2 Å². The summed E-state index contributed by atoms with van der Waals surface area (Å²) in [5.74, 6) is 1.67. The van der Waals surface area contributed by atoms with E-state index in [1.807, 2.05) is 34.9 Å². The molecule has 0 amide bonds. The number of aryl methyl sites for hydroxylation is 3. The lowest BCUT2D eigenvalue weighted by molar-refractivity contribution is 0.241. The Kier molecular flexibility index (Phi) is 6.65. The number of rotatable bonds is 7. The number of anilines is 1. The Labute approximate surface area is 209 Å². The molecule has 0 aliphatic carbocycles. The number of hydrogen-bond donors (Lipinski definition) is 0. The van der Waals surface area contributed by atoms with Crippen molar-refractivity contribution in [3.05, 3.63) is 86.8 Å². The molecule has 0 spiro atoms. The lowest BCUT2D eigenvalue weighted by Gasteiger charge is -2.36. The Morgan fingerprint density at radius 2 is 1.58 bits per heavy atom. The minimum atomic E-state index is -0.361. The summed E-state index contributed by atoms with van der Waals surface area (Å²) < 4.78 is 9.93. The van der Waals surface area contributed by atoms with Crippen LogP contribution in [0.15, 0.2) is 64.2 Å². The number of aromatic nitrogens is 4. The highest BCUT2D eigenvalue weighted by Gasteiger charge is 2.23. The first-order valence-electron chi connectivity index (χ1n) is 12.3. The van der Waals surface area contributed by atoms with Crippen LogP contribution >= 0.6 is 0 Å². The number of fused-ring (bicyclic) bond motifs is 1. The summed E-state index contributed by atoms with van der Waals surface area (Å²) in [6, 6.07) is 18.4. The van der Waals surface area contributed by atoms with Gasteiger partial charge in [0.1, 0.15) is 11.6 Å². The number of benzene rings is 2. The second kappa shape index (κ2) is 10.0. The summed E-state index contributed by atoms with van der Waals surface area (Å²) in [6.45, 7) is 4.80. The van der Waals surface area contributed by atoms with Crippen molar-refractivity contribution in [1.29, 1.82) is 0 Å². The first-order valence-corrected chi connectivity index (χ1v) is 12.3. The largest absolute Gasteiger partial charge is 0.497 e. The highest BCUT2D eigenvalue weighted by Crippen LogP contribution is 2.22. The van der Waals surface area contributed by atoms with Gasteiger partial charge < -0.3 is 14.2 Å². The Bertz CT molecular complexity index is 1460. The highest BCUT2D eigenvalue weighted by molar-refractivity contribution is 5.71. The number of hydrogen-bond acceptors (Lipinski definition) is 6. The minimum absolute atomic E-state index is 0.302. The normalized spacial score (nSPS) is 14.5. The van der Waals surface area contributed by atoms with E-state index in [-0.39, 0.29) is 11.2 Å². The fourth-order valence-electron chi connectivity index (χ4n) is 4.90. The Hall–Kier alpha value is -3.85. The van der Waals surface area contributed by atoms with Gasteiger partial charge in [-0.15, -0.1) is 0 Å². The van der Waals surface area contributed by atoms with Crippen LogP contribution in [-0.2, 0) is 33.6 Å². The zero-order valence-electron chi connectivity index (χ0n) is 21.1. The Balaban J connectivity index is 1.40. The molecule has 2 aromatic carbocycles. The molecule has 1 aliphatic heterocycles. The van der Waals surface area contributed by atoms with Crippen LogP contribution in [0.25, 0.3) is 11.2 Å². The number of nitrogens with zero attached hydrogens (tertiary/aromatic N) is 6. The van der Waals surface area contributed by atoms with E-state index in [2.05, 4.69) is 34.1 Å². The first-order chi connectivity index (χ1) is 17.5. The molecule has 1 saturated heterocycles. The zero-order valence-corrected chi connectivity index (χ0v) is 21.1. The molecule has 9 nitrogen and oxygen atoms in total. The van der Waals surface area contributed by atoms with E-state index >= 15 is 0 Å². The molecule has 2 aromatic heterocycles. The maximum atomic E-state index is 13.1. The van der Waals surface area contributed by atoms with Crippen molar-refractivity contribution in [2.75, 3.05) is 38.2 Å². The van der Waals surface area contributed by atoms with Crippen molar-refractivity contribution in [2.24, 2.45) is 14.1 Å². The predicted octanol–water partition coefficient (Wildman–Crippen LogP) is 2.01. The summed E-state index contributed by atoms with van der Waals surface area (Å²) in [4.78, 5) is 35.3. The van der Waals surface area contributed by atoms with Crippen LogP contribution in [0.4, 0.5) is 5.69 Å². The molecule has 0 N–H and O–H groups in total. The van der Waals surface area contributed by atoms with Crippen LogP contribution in [0.1, 0.15) is 11.4 Å². The van der Waals surface area contributed by atoms with E-state index in [1.54, 1.807) is 14.2 Å². The number of piperazine rings is 1. The quantitative estimate of drug-likeness (QED) is 0.396. The molecule has 188 valence electrons. The van der Waals surface area contributed by atoms with Gasteiger partial charge in [0.25, 0.3) is 5.56 Å². The highest BCUT2D eigenvalue weighted by atomic mass is 16.5. The topological polar surface area (TPSA) is 77.5 Å². The lowest BCUT2D eigenvalue weighted by atomic mass is 10.1. The van der Waals surface area contributed by atoms with Gasteiger partial charge in [0.2, 0.25) is 0 Å². The SMILES string of the molecule is COc1ccc(N2CCN(Cc3nc4c(c(=O)n(C)c(=O)n4C)n3CCc3ccccc3)CC2)cc1. The summed E-state index contributed by atoms with van der Waals surface area (Å²) in [6.07, 6.45) is 0.774. The van der Waals surface area contributed by atoms with Crippen LogP contribution in [-0.4, -0.2) is 56.9 Å². The van der Waals surface area contributed by atoms with Crippen molar-refractivity contribution in [2.45, 2.75) is 19.5 Å². The fourth-order valence-corrected chi connectivity index (χ4v) is 4.90. The van der Waals surface area contributed by atoms with Gasteiger partial charge in [-0.1, -0.05) is 30.3 Å². The Morgan fingerprint density at radius 3 is 2.25 bits per heavy atom. The van der Waals surface area contributed by atoms with Crippen LogP contribution < -0.4 is 20.9 Å². The summed E-state index contributed by atoms with van der Waals surface area (Å²) in [5, 5.41) is 0. The van der Waals surface area contributed by atoms with Gasteiger partial charge in [-0.3, -0.25) is 18.8 Å². The second-order valence-electron chi connectivity index (χ2n) is 9.25. The molecule has 0 saturated carbocycles. The molecule has 1 aliphatic rings. The maximum absolute atomic E-state index is 13.1. The van der Waals surface area contributed by atoms with Crippen molar-refractivity contribution in [3.63, 3.8) is 0 Å². The average molecular weight is 489 g/mol. The summed E-state index contributed by atoms with van der Waals surface area (Å²) >= 11 is 0. The van der Waals surface area contributed by atoms with Crippen LogP contribution in [0.3, 0.4) is 0 Å². The lowest BCUT2D eigenvalue weighted by Crippen LogP contribution is -2.46. The number of imidazole rings is 1. The van der Waals surface area contributed by atoms with Crippen molar-refractivity contribution < 1.29 is 4.74 Å². The first kappa shape index (κ1) is 23.9. The molecule has 3 heterocycles. The van der Waals surface area contributed by atoms with E-state index in [9.17, 15) is 9.59 Å². The average Bonchev–Trinajstić information content (AvgIpc) is 3.28. The van der Waals surface area contributed by atoms with Gasteiger partial charge in [0, 0.05) is 52.5 Å². The standard InChI is InChI=1S/C27H32N6O3/c1-29-25-24(26(34)30(2)27(29)35)33(14-13-20-7-5-4-6-8-20)23(28-25)19-31-15-17-32(18-16-31)21-9-11-22(36-3)12-10-21/h4-12H,13-19H2,1-3H3. The van der Waals surface area contributed by atoms with Crippen molar-refractivity contribution >= 4 is 16.9 Å². The van der Waals surface area contributed by atoms with Gasteiger partial charge in [-0.25, -0.2) is 9.78 Å². The smallest absolute Gasteiger partial charge is 0.332 e. The third-order valence-corrected chi connectivity index (χ3v) is 7.07. The molecule has 0 bridgehead atoms. The minimum Gasteiger partial charge on any atom is -0.497 e. The van der Waals surface area contributed by atoms with Gasteiger partial charge in [-0.2, -0.15) is 0 Å². The third-order valence-electron chi connectivity index (χ3n) is 7.07. The zero-order chi connectivity index (χ0) is 25.2. The fraction of sp³-hybridized carbons (Fsp3) is 0.370. The molecule has 0 atom stereocenters. The van der Waals surface area contributed by atoms with Gasteiger partial charge >= 0.3 is 5.69 Å². The van der Waals surface area contributed by atoms with E-state index in [1.165, 1.54) is 27.4 Å². The molecular weight excluding hydrogens is 456 g/mol. The molecule has 4 aromatic rings. The van der Waals surface area contributed by atoms with Crippen molar-refractivity contribution in [1.82, 2.24) is 23.6 Å². The van der Waals surface area contributed by atoms with Gasteiger partial charge in [0.05, 0.1) is 13.7 Å². The Morgan fingerprint density at radius 1 is 0.889 bits per heavy atom. The van der Waals surface area contributed by atoms with E-state index in [0.717, 1.165) is 44.2 Å². The molecule has 0 radical (unpaired) electrons. The third kappa shape index (κ3) is 4.54. The van der Waals surface area contributed by atoms with Crippen LogP contribution in [0, 0.1) is 0 Å². The van der Waals surface area contributed by atoms with E-state index in [0.29, 0.717) is 24.3 Å². The predicted molar refractivity (Wildman–Crippen MR) is 141 cm³/mol. The number of methoxy groups -OCH3 is 1. The molecule has 9 heteroatoms. The van der Waals surface area contributed by atoms with Crippen LogP contribution in [0.5, 0.6) is 5.75 Å². The summed E-state index contributed by atoms with van der Waals surface area (Å²) in [5.41, 5.74) is 2.65.